The van der Waals surface area contributed by atoms with E-state index < -0.39 is 0 Å². The van der Waals surface area contributed by atoms with E-state index in [1.807, 2.05) is 0 Å². The molecule has 0 bridgehead atoms. The van der Waals surface area contributed by atoms with Crippen LogP contribution < -0.4 is 11.5 Å². The molecule has 14 heavy (non-hydrogen) atoms. The summed E-state index contributed by atoms with van der Waals surface area (Å²) in [7, 11) is 0. The Balaban J connectivity index is 2.83. The van der Waals surface area contributed by atoms with Gasteiger partial charge in [0, 0.05) is 0 Å². The molecule has 0 fully saturated rings. The molecule has 0 atom stereocenters. The lowest BCUT2D eigenvalue weighted by Gasteiger charge is -1.96. The Morgan fingerprint density at radius 2 is 2.14 bits per heavy atom. The normalized spacial score (nSPS) is 10.4. The molecule has 0 unspecified atom stereocenters. The largest absolute Gasteiger partial charge is 0.506 e. The lowest BCUT2D eigenvalue weighted by molar-refractivity contribution is 0.475. The fourth-order valence-electron chi connectivity index (χ4n) is 0.766. The molecule has 5 N–H and O–H groups in total. The average molecular weight is 213 g/mol. The maximum absolute atomic E-state index is 9.11. The summed E-state index contributed by atoms with van der Waals surface area (Å²) < 4.78 is 0. The number of phenolic OH excluding ortho intramolecular Hbond substituents is 1. The molecular weight excluding hydrogens is 204 g/mol. The van der Waals surface area contributed by atoms with Gasteiger partial charge in [0.2, 0.25) is 5.96 Å². The molecule has 1 aromatic rings. The first-order chi connectivity index (χ1) is 6.59. The fourth-order valence-corrected chi connectivity index (χ4v) is 0.955. The zero-order chi connectivity index (χ0) is 10.6. The van der Waals surface area contributed by atoms with Crippen molar-refractivity contribution in [1.29, 1.82) is 0 Å². The maximum atomic E-state index is 9.11. The summed E-state index contributed by atoms with van der Waals surface area (Å²) >= 11 is 5.66. The van der Waals surface area contributed by atoms with Gasteiger partial charge in [0.05, 0.1) is 11.2 Å². The topological polar surface area (TPSA) is 97.0 Å². The Hall–Kier alpha value is -1.75. The number of phenols is 1. The zero-order valence-electron chi connectivity index (χ0n) is 7.18. The summed E-state index contributed by atoms with van der Waals surface area (Å²) in [6, 6.07) is 4.63. The number of halogens is 1. The first-order valence-corrected chi connectivity index (χ1v) is 4.08. The predicted octanol–water partition coefficient (Wildman–Crippen LogP) is 0.653. The van der Waals surface area contributed by atoms with E-state index in [1.165, 1.54) is 12.3 Å². The highest BCUT2D eigenvalue weighted by Gasteiger charge is 1.97. The summed E-state index contributed by atoms with van der Waals surface area (Å²) in [6.45, 7) is 0. The van der Waals surface area contributed by atoms with E-state index >= 15 is 0 Å². The van der Waals surface area contributed by atoms with Crippen molar-refractivity contribution >= 4 is 23.8 Å². The van der Waals surface area contributed by atoms with Crippen LogP contribution in [0, 0.1) is 0 Å². The predicted molar refractivity (Wildman–Crippen MR) is 56.5 cm³/mol. The van der Waals surface area contributed by atoms with E-state index in [0.29, 0.717) is 5.56 Å². The lowest BCUT2D eigenvalue weighted by Crippen LogP contribution is -2.21. The first-order valence-electron chi connectivity index (χ1n) is 3.70. The fraction of sp³-hybridized carbons (Fsp3) is 0. The van der Waals surface area contributed by atoms with E-state index in [2.05, 4.69) is 10.2 Å². The Labute approximate surface area is 85.7 Å². The van der Waals surface area contributed by atoms with Gasteiger partial charge >= 0.3 is 0 Å². The third-order valence-electron chi connectivity index (χ3n) is 1.35. The van der Waals surface area contributed by atoms with E-state index in [0.717, 1.165) is 0 Å². The molecule has 0 aromatic heterocycles. The first kappa shape index (κ1) is 10.3. The van der Waals surface area contributed by atoms with Crippen LogP contribution in [0.5, 0.6) is 5.75 Å². The number of aromatic hydroxyl groups is 1. The molecule has 5 nitrogen and oxygen atoms in total. The van der Waals surface area contributed by atoms with Gasteiger partial charge in [-0.25, -0.2) is 0 Å². The third kappa shape index (κ3) is 2.95. The highest BCUT2D eigenvalue weighted by Crippen LogP contribution is 2.22. The van der Waals surface area contributed by atoms with E-state index in [-0.39, 0.29) is 16.7 Å². The quantitative estimate of drug-likeness (QED) is 0.382. The number of benzene rings is 1. The number of nitrogens with zero attached hydrogens (tertiary/aromatic N) is 2. The van der Waals surface area contributed by atoms with Crippen LogP contribution in [0.4, 0.5) is 0 Å². The van der Waals surface area contributed by atoms with E-state index in [1.54, 1.807) is 12.1 Å². The Kier molecular flexibility index (Phi) is 3.30. The van der Waals surface area contributed by atoms with Crippen molar-refractivity contribution in [2.24, 2.45) is 21.7 Å². The second-order valence-corrected chi connectivity index (χ2v) is 2.89. The van der Waals surface area contributed by atoms with Crippen molar-refractivity contribution in [3.63, 3.8) is 0 Å². The maximum Gasteiger partial charge on any atom is 0.211 e. The molecule has 0 spiro atoms. The molecule has 0 saturated heterocycles. The van der Waals surface area contributed by atoms with Crippen LogP contribution in [0.25, 0.3) is 0 Å². The standard InChI is InChI=1S/C8H9ClN4O/c9-6-3-5(1-2-7(6)14)4-12-13-8(10)11/h1-4,14H,(H4,10,11,13)/b12-4+. The van der Waals surface area contributed by atoms with Crippen LogP contribution in [-0.4, -0.2) is 17.3 Å². The number of nitrogens with two attached hydrogens (primary N) is 2. The summed E-state index contributed by atoms with van der Waals surface area (Å²) in [4.78, 5) is 0. The van der Waals surface area contributed by atoms with Gasteiger partial charge in [-0.15, -0.1) is 5.10 Å². The Morgan fingerprint density at radius 1 is 1.43 bits per heavy atom. The smallest absolute Gasteiger partial charge is 0.211 e. The van der Waals surface area contributed by atoms with Crippen molar-refractivity contribution in [2.75, 3.05) is 0 Å². The molecule has 1 rings (SSSR count). The Bertz CT molecular complexity index is 385. The summed E-state index contributed by atoms with van der Waals surface area (Å²) in [6.07, 6.45) is 1.42. The minimum absolute atomic E-state index is 0.0191. The van der Waals surface area contributed by atoms with Gasteiger partial charge in [-0.05, 0) is 23.8 Å². The molecule has 0 aliphatic heterocycles. The molecular formula is C8H9ClN4O. The summed E-state index contributed by atoms with van der Waals surface area (Å²) in [5.41, 5.74) is 10.8. The molecule has 6 heteroatoms. The SMILES string of the molecule is NC(N)=N/N=C/c1ccc(O)c(Cl)c1. The van der Waals surface area contributed by atoms with Gasteiger partial charge in [-0.2, -0.15) is 5.10 Å². The highest BCUT2D eigenvalue weighted by atomic mass is 35.5. The van der Waals surface area contributed by atoms with Crippen LogP contribution in [0.1, 0.15) is 5.56 Å². The molecule has 1 aromatic carbocycles. The van der Waals surface area contributed by atoms with E-state index in [4.69, 9.17) is 28.2 Å². The molecule has 0 heterocycles. The molecule has 0 aliphatic rings. The summed E-state index contributed by atoms with van der Waals surface area (Å²) in [5, 5.41) is 16.4. The lowest BCUT2D eigenvalue weighted by atomic mass is 10.2. The van der Waals surface area contributed by atoms with Gasteiger partial charge in [-0.1, -0.05) is 11.6 Å². The minimum Gasteiger partial charge on any atom is -0.506 e. The van der Waals surface area contributed by atoms with Gasteiger partial charge < -0.3 is 16.6 Å². The van der Waals surface area contributed by atoms with Gasteiger partial charge in [0.25, 0.3) is 0 Å². The second-order valence-electron chi connectivity index (χ2n) is 2.48. The van der Waals surface area contributed by atoms with Crippen LogP contribution in [0.15, 0.2) is 28.4 Å². The Morgan fingerprint density at radius 3 is 2.71 bits per heavy atom. The zero-order valence-corrected chi connectivity index (χ0v) is 7.94. The van der Waals surface area contributed by atoms with Crippen molar-refractivity contribution in [1.82, 2.24) is 0 Å². The van der Waals surface area contributed by atoms with Crippen molar-refractivity contribution < 1.29 is 5.11 Å². The third-order valence-corrected chi connectivity index (χ3v) is 1.65. The van der Waals surface area contributed by atoms with Crippen molar-refractivity contribution in [3.05, 3.63) is 28.8 Å². The minimum atomic E-state index is -0.119. The van der Waals surface area contributed by atoms with Gasteiger partial charge in [0.1, 0.15) is 5.75 Å². The number of guanidine groups is 1. The van der Waals surface area contributed by atoms with Crippen LogP contribution in [0.3, 0.4) is 0 Å². The van der Waals surface area contributed by atoms with Crippen LogP contribution >= 0.6 is 11.6 Å². The van der Waals surface area contributed by atoms with Crippen LogP contribution in [-0.2, 0) is 0 Å². The highest BCUT2D eigenvalue weighted by molar-refractivity contribution is 6.32. The summed E-state index contributed by atoms with van der Waals surface area (Å²) in [5.74, 6) is -0.100. The monoisotopic (exact) mass is 212 g/mol. The molecule has 0 saturated carbocycles. The second kappa shape index (κ2) is 4.48. The molecule has 0 radical (unpaired) electrons. The molecule has 74 valence electrons. The van der Waals surface area contributed by atoms with Crippen molar-refractivity contribution in [3.8, 4) is 5.75 Å². The van der Waals surface area contributed by atoms with Crippen molar-refractivity contribution in [2.45, 2.75) is 0 Å². The number of hydrogen-bond donors (Lipinski definition) is 3. The molecule has 0 aliphatic carbocycles. The van der Waals surface area contributed by atoms with E-state index in [9.17, 15) is 0 Å². The van der Waals surface area contributed by atoms with Crippen LogP contribution in [0.2, 0.25) is 5.02 Å². The number of rotatable bonds is 2. The van der Waals surface area contributed by atoms with Gasteiger partial charge in [0.15, 0.2) is 0 Å². The average Bonchev–Trinajstić information content (AvgIpc) is 2.10. The van der Waals surface area contributed by atoms with Gasteiger partial charge in [-0.3, -0.25) is 0 Å². The molecule has 0 amide bonds. The number of hydrogen-bond acceptors (Lipinski definition) is 3.